The SMILES string of the molecule is COc1ccc(NC(=O)CSc2nnc3c4c5c(sc4nc(SC)n23)CCC5)cc1. The van der Waals surface area contributed by atoms with Gasteiger partial charge >= 0.3 is 0 Å². The van der Waals surface area contributed by atoms with Crippen molar-refractivity contribution in [3.05, 3.63) is 34.7 Å². The number of anilines is 1. The van der Waals surface area contributed by atoms with Crippen LogP contribution < -0.4 is 10.1 Å². The normalized spacial score (nSPS) is 13.1. The number of methoxy groups -OCH3 is 1. The molecule has 0 fully saturated rings. The zero-order valence-electron chi connectivity index (χ0n) is 16.5. The van der Waals surface area contributed by atoms with Gasteiger partial charge in [0, 0.05) is 10.6 Å². The van der Waals surface area contributed by atoms with Gasteiger partial charge < -0.3 is 10.1 Å². The number of benzene rings is 1. The number of aromatic nitrogens is 4. The first kappa shape index (κ1) is 19.7. The average molecular weight is 458 g/mol. The minimum Gasteiger partial charge on any atom is -0.497 e. The fourth-order valence-electron chi connectivity index (χ4n) is 3.67. The van der Waals surface area contributed by atoms with Crippen molar-refractivity contribution in [1.29, 1.82) is 0 Å². The van der Waals surface area contributed by atoms with E-state index in [1.54, 1.807) is 30.2 Å². The van der Waals surface area contributed by atoms with Gasteiger partial charge in [-0.05, 0) is 55.3 Å². The van der Waals surface area contributed by atoms with Crippen LogP contribution in [0.25, 0.3) is 15.9 Å². The Balaban J connectivity index is 1.40. The predicted octanol–water partition coefficient (Wildman–Crippen LogP) is 4.29. The Morgan fingerprint density at radius 2 is 2.07 bits per heavy atom. The van der Waals surface area contributed by atoms with Crippen molar-refractivity contribution in [3.63, 3.8) is 0 Å². The number of amides is 1. The lowest BCUT2D eigenvalue weighted by Gasteiger charge is -2.07. The molecule has 0 saturated heterocycles. The van der Waals surface area contributed by atoms with Crippen LogP contribution in [0.2, 0.25) is 0 Å². The summed E-state index contributed by atoms with van der Waals surface area (Å²) in [5.74, 6) is 0.888. The number of aryl methyl sites for hydroxylation is 2. The van der Waals surface area contributed by atoms with Crippen molar-refractivity contribution < 1.29 is 9.53 Å². The van der Waals surface area contributed by atoms with Crippen LogP contribution in [-0.2, 0) is 17.6 Å². The average Bonchev–Trinajstić information content (AvgIpc) is 3.46. The van der Waals surface area contributed by atoms with E-state index in [0.29, 0.717) is 5.16 Å². The molecule has 0 atom stereocenters. The minimum absolute atomic E-state index is 0.0990. The maximum Gasteiger partial charge on any atom is 0.234 e. The summed E-state index contributed by atoms with van der Waals surface area (Å²) in [4.78, 5) is 19.8. The Labute approximate surface area is 185 Å². The monoisotopic (exact) mass is 457 g/mol. The summed E-state index contributed by atoms with van der Waals surface area (Å²) in [6.45, 7) is 0. The first-order valence-corrected chi connectivity index (χ1v) is 12.5. The summed E-state index contributed by atoms with van der Waals surface area (Å²) in [6.07, 6.45) is 5.39. The summed E-state index contributed by atoms with van der Waals surface area (Å²) in [7, 11) is 1.61. The van der Waals surface area contributed by atoms with Gasteiger partial charge in [-0.15, -0.1) is 21.5 Å². The fourth-order valence-corrected chi connectivity index (χ4v) is 6.31. The number of hydrogen-bond acceptors (Lipinski definition) is 8. The molecular weight excluding hydrogens is 438 g/mol. The molecular formula is C20H19N5O2S3. The molecule has 3 aromatic heterocycles. The number of nitrogens with one attached hydrogen (secondary N) is 1. The molecule has 0 bridgehead atoms. The second kappa shape index (κ2) is 8.09. The maximum absolute atomic E-state index is 12.4. The smallest absolute Gasteiger partial charge is 0.234 e. The number of carbonyl (C=O) groups excluding carboxylic acids is 1. The van der Waals surface area contributed by atoms with Crippen LogP contribution in [0.3, 0.4) is 0 Å². The van der Waals surface area contributed by atoms with Crippen LogP contribution in [0, 0.1) is 0 Å². The zero-order valence-corrected chi connectivity index (χ0v) is 18.9. The van der Waals surface area contributed by atoms with E-state index in [-0.39, 0.29) is 11.7 Å². The number of thiophene rings is 1. The first-order valence-electron chi connectivity index (χ1n) is 9.48. The van der Waals surface area contributed by atoms with E-state index in [1.807, 2.05) is 34.9 Å². The van der Waals surface area contributed by atoms with Crippen LogP contribution in [0.15, 0.2) is 34.6 Å². The minimum atomic E-state index is -0.0990. The Morgan fingerprint density at radius 3 is 2.83 bits per heavy atom. The van der Waals surface area contributed by atoms with Crippen molar-refractivity contribution in [3.8, 4) is 5.75 Å². The van der Waals surface area contributed by atoms with Gasteiger partial charge in [-0.25, -0.2) is 9.38 Å². The van der Waals surface area contributed by atoms with E-state index >= 15 is 0 Å². The number of hydrogen-bond donors (Lipinski definition) is 1. The molecule has 30 heavy (non-hydrogen) atoms. The van der Waals surface area contributed by atoms with E-state index in [0.717, 1.165) is 45.3 Å². The van der Waals surface area contributed by atoms with E-state index in [2.05, 4.69) is 15.5 Å². The molecule has 1 amide bonds. The van der Waals surface area contributed by atoms with Gasteiger partial charge in [0.15, 0.2) is 16.0 Å². The van der Waals surface area contributed by atoms with Crippen molar-refractivity contribution in [2.24, 2.45) is 0 Å². The van der Waals surface area contributed by atoms with Crippen molar-refractivity contribution >= 4 is 62.3 Å². The van der Waals surface area contributed by atoms with Crippen LogP contribution in [-0.4, -0.2) is 44.6 Å². The zero-order chi connectivity index (χ0) is 20.7. The highest BCUT2D eigenvalue weighted by molar-refractivity contribution is 8.00. The topological polar surface area (TPSA) is 81.4 Å². The van der Waals surface area contributed by atoms with Gasteiger partial charge in [0.05, 0.1) is 18.2 Å². The summed E-state index contributed by atoms with van der Waals surface area (Å²) in [6, 6.07) is 7.26. The molecule has 0 spiro atoms. The van der Waals surface area contributed by atoms with Gasteiger partial charge in [0.25, 0.3) is 0 Å². The number of fused-ring (bicyclic) bond motifs is 5. The number of rotatable bonds is 6. The Hall–Kier alpha value is -2.30. The standard InChI is InChI=1S/C20H19N5O2S3/c1-27-12-8-6-11(7-9-12)21-15(26)10-29-20-24-23-17-16-13-4-3-5-14(13)30-18(16)22-19(28-2)25(17)20/h6-9H,3-5,10H2,1-2H3,(H,21,26). The van der Waals surface area contributed by atoms with E-state index in [1.165, 1.54) is 28.6 Å². The highest BCUT2D eigenvalue weighted by atomic mass is 32.2. The lowest BCUT2D eigenvalue weighted by Crippen LogP contribution is -2.14. The van der Waals surface area contributed by atoms with Gasteiger partial charge in [-0.2, -0.15) is 0 Å². The summed E-state index contributed by atoms with van der Waals surface area (Å²) in [5, 5.41) is 14.4. The molecule has 1 aliphatic rings. The number of carbonyl (C=O) groups is 1. The van der Waals surface area contributed by atoms with E-state index in [9.17, 15) is 4.79 Å². The van der Waals surface area contributed by atoms with Gasteiger partial charge in [-0.3, -0.25) is 4.79 Å². The third-order valence-electron chi connectivity index (χ3n) is 5.04. The largest absolute Gasteiger partial charge is 0.497 e. The van der Waals surface area contributed by atoms with Gasteiger partial charge in [0.2, 0.25) is 5.91 Å². The van der Waals surface area contributed by atoms with Gasteiger partial charge in [-0.1, -0.05) is 23.5 Å². The van der Waals surface area contributed by atoms with Gasteiger partial charge in [0.1, 0.15) is 10.6 Å². The maximum atomic E-state index is 12.4. The Bertz CT molecular complexity index is 1250. The number of ether oxygens (including phenoxy) is 1. The van der Waals surface area contributed by atoms with E-state index in [4.69, 9.17) is 9.72 Å². The first-order chi connectivity index (χ1) is 14.7. The quantitative estimate of drug-likeness (QED) is 0.342. The molecule has 154 valence electrons. The van der Waals surface area contributed by atoms with Crippen LogP contribution >= 0.6 is 34.9 Å². The van der Waals surface area contributed by atoms with Crippen molar-refractivity contribution in [2.45, 2.75) is 29.6 Å². The molecule has 7 nitrogen and oxygen atoms in total. The van der Waals surface area contributed by atoms with Crippen molar-refractivity contribution in [1.82, 2.24) is 19.6 Å². The van der Waals surface area contributed by atoms with Crippen LogP contribution in [0.5, 0.6) is 5.75 Å². The molecule has 0 aliphatic heterocycles. The predicted molar refractivity (Wildman–Crippen MR) is 122 cm³/mol. The molecule has 10 heteroatoms. The van der Waals surface area contributed by atoms with E-state index < -0.39 is 0 Å². The highest BCUT2D eigenvalue weighted by Crippen LogP contribution is 2.40. The third-order valence-corrected chi connectivity index (χ3v) is 7.79. The molecule has 4 aromatic rings. The second-order valence-corrected chi connectivity index (χ2v) is 9.64. The summed E-state index contributed by atoms with van der Waals surface area (Å²) >= 11 is 4.71. The lowest BCUT2D eigenvalue weighted by atomic mass is 10.2. The Morgan fingerprint density at radius 1 is 1.23 bits per heavy atom. The molecule has 1 aliphatic carbocycles. The highest BCUT2D eigenvalue weighted by Gasteiger charge is 2.24. The number of thioether (sulfide) groups is 2. The van der Waals surface area contributed by atoms with Crippen molar-refractivity contribution in [2.75, 3.05) is 24.4 Å². The number of nitrogens with zero attached hydrogens (tertiary/aromatic N) is 4. The second-order valence-electron chi connectivity index (χ2n) is 6.84. The molecule has 0 unspecified atom stereocenters. The fraction of sp³-hybridized carbons (Fsp3) is 0.300. The summed E-state index contributed by atoms with van der Waals surface area (Å²) < 4.78 is 7.13. The molecule has 0 saturated carbocycles. The van der Waals surface area contributed by atoms with Crippen LogP contribution in [0.4, 0.5) is 5.69 Å². The molecule has 3 heterocycles. The third kappa shape index (κ3) is 3.42. The molecule has 1 N–H and O–H groups in total. The van der Waals surface area contributed by atoms with Crippen LogP contribution in [0.1, 0.15) is 16.9 Å². The summed E-state index contributed by atoms with van der Waals surface area (Å²) in [5.41, 5.74) is 2.96. The molecule has 1 aromatic carbocycles. The lowest BCUT2D eigenvalue weighted by molar-refractivity contribution is -0.113. The Kier molecular flexibility index (Phi) is 5.30. The molecule has 5 rings (SSSR count). The molecule has 0 radical (unpaired) electrons.